The van der Waals surface area contributed by atoms with Gasteiger partial charge < -0.3 is 14.0 Å². The summed E-state index contributed by atoms with van der Waals surface area (Å²) in [5.41, 5.74) is 51.7. The van der Waals surface area contributed by atoms with Crippen LogP contribution in [0.2, 0.25) is 0 Å². The molecule has 0 fully saturated rings. The van der Waals surface area contributed by atoms with Crippen molar-refractivity contribution in [3.8, 4) is 17.2 Å². The number of benzene rings is 15. The molecule has 12 heterocycles. The Morgan fingerprint density at radius 1 is 0.146 bits per heavy atom. The van der Waals surface area contributed by atoms with E-state index in [1.165, 1.54) is 186 Å². The summed E-state index contributed by atoms with van der Waals surface area (Å²) in [5, 5.41) is 0. The van der Waals surface area contributed by atoms with Gasteiger partial charge in [0.2, 0.25) is 0 Å². The third-order valence-electron chi connectivity index (χ3n) is 27.1. The van der Waals surface area contributed by atoms with Gasteiger partial charge in [-0.25, -0.2) is 0 Å². The van der Waals surface area contributed by atoms with Crippen molar-refractivity contribution in [2.45, 2.75) is 299 Å². The van der Waals surface area contributed by atoms with Crippen LogP contribution in [-0.2, 0) is 77.0 Å². The molecule has 0 saturated heterocycles. The van der Waals surface area contributed by atoms with E-state index in [1.807, 2.05) is 219 Å². The van der Waals surface area contributed by atoms with Gasteiger partial charge in [0, 0.05) is 33.9 Å². The Kier molecular flexibility index (Phi) is 45.8. The molecule has 3 nitrogen and oxygen atoms in total. The molecule has 0 aliphatic carbocycles. The van der Waals surface area contributed by atoms with Crippen molar-refractivity contribution in [1.82, 2.24) is 0 Å². The van der Waals surface area contributed by atoms with Gasteiger partial charge in [0.1, 0.15) is 17.2 Å². The van der Waals surface area contributed by atoms with Crippen molar-refractivity contribution in [3.63, 3.8) is 0 Å². The fraction of sp³-hybridized carbons (Fsp3) is 0.318. The van der Waals surface area contributed by atoms with Crippen LogP contribution in [0.3, 0.4) is 0 Å². The van der Waals surface area contributed by atoms with E-state index in [4.69, 9.17) is 14.0 Å². The largest absolute Gasteiger partial charge is 0.551 e. The van der Waals surface area contributed by atoms with Crippen LogP contribution < -0.4 is 79.5 Å². The maximum atomic E-state index is 6.93. The van der Waals surface area contributed by atoms with Crippen molar-refractivity contribution >= 4 is 139 Å². The van der Waals surface area contributed by atoms with E-state index in [9.17, 15) is 0 Å². The van der Waals surface area contributed by atoms with Crippen molar-refractivity contribution in [1.29, 1.82) is 0 Å². The van der Waals surface area contributed by atoms with E-state index in [0.717, 1.165) is 94.3 Å². The molecular formula is C132H162B6O3S3. The Balaban J connectivity index is 0.000000196. The van der Waals surface area contributed by atoms with Crippen molar-refractivity contribution < 1.29 is 14.0 Å². The fourth-order valence-electron chi connectivity index (χ4n) is 21.9. The van der Waals surface area contributed by atoms with Gasteiger partial charge in [0.05, 0.1) is 0 Å². The number of fused-ring (bicyclic) bond motifs is 18. The standard InChI is InChI=1S/C34H24B2O2.C34H24B2OS.C34H24B2S2.15C2H6/c1-3-13-31-21(7-1)15-23-9-5-11-25-17-27-19-28-18-26-12-6-10-24-16-22-8-2-4-14-32(22)38-36(34(24)26)30(28)20-29(27)35(37-31)33(23)25;1-3-13-31-21(7-1)15-23-9-5-10-24-17-27-19-28-18-26-12-6-11-25-16-22-8-2-4-14-32(22)38-36(34(25)26)30(28)20-29(27)35(37-31)33(23)24;1-3-13-31-21(7-1)15-23-9-5-11-25-17-27-19-28-18-26-12-6-10-24-16-22-8-2-4-14-32(22)38-36(34(24)26)30(28)20-29(27)35(37-31)33(23)25;15*1-2/h3*1-14,19-20H,15-18H2;15*1-2H3. The molecule has 0 radical (unpaired) electrons. The Hall–Kier alpha value is -10.9. The topological polar surface area (TPSA) is 27.7 Å². The van der Waals surface area contributed by atoms with Crippen LogP contribution in [0.15, 0.2) is 306 Å². The highest BCUT2D eigenvalue weighted by Crippen LogP contribution is 2.41. The smallest absolute Gasteiger partial charge is 0.427 e. The van der Waals surface area contributed by atoms with Crippen LogP contribution in [0, 0.1) is 0 Å². The summed E-state index contributed by atoms with van der Waals surface area (Å²) in [5.74, 6) is 4.05. The summed E-state index contributed by atoms with van der Waals surface area (Å²) in [6.07, 6.45) is 11.8. The summed E-state index contributed by atoms with van der Waals surface area (Å²) in [4.78, 5) is 4.30. The molecule has 0 saturated carbocycles. The molecule has 0 atom stereocenters. The molecule has 15 aromatic carbocycles. The normalized spacial score (nSPS) is 12.9. The van der Waals surface area contributed by atoms with Gasteiger partial charge in [-0.1, -0.05) is 495 Å². The maximum absolute atomic E-state index is 6.93. The van der Waals surface area contributed by atoms with Crippen LogP contribution in [0.1, 0.15) is 341 Å². The second kappa shape index (κ2) is 57.3. The summed E-state index contributed by atoms with van der Waals surface area (Å²) in [6.45, 7) is 59.7. The second-order valence-corrected chi connectivity index (χ2v) is 36.9. The van der Waals surface area contributed by atoms with Gasteiger partial charge in [0.15, 0.2) is 0 Å². The molecule has 0 aromatic heterocycles. The Morgan fingerprint density at radius 2 is 0.299 bits per heavy atom. The number of hydrogen-bond acceptors (Lipinski definition) is 6. The van der Waals surface area contributed by atoms with Gasteiger partial charge in [-0.05, 0) is 260 Å². The number of para-hydroxylation sites is 3. The molecule has 12 heteroatoms. The van der Waals surface area contributed by atoms with Crippen LogP contribution in [0.5, 0.6) is 17.2 Å². The highest BCUT2D eigenvalue weighted by molar-refractivity contribution is 8.29. The lowest BCUT2D eigenvalue weighted by molar-refractivity contribution is 0.585. The minimum Gasteiger partial charge on any atom is -0.551 e. The second-order valence-electron chi connectivity index (χ2n) is 33.4. The predicted molar refractivity (Wildman–Crippen MR) is 650 cm³/mol. The zero-order valence-electron chi connectivity index (χ0n) is 93.1. The van der Waals surface area contributed by atoms with Crippen LogP contribution in [0.4, 0.5) is 0 Å². The molecule has 12 aliphatic heterocycles. The molecule has 0 bridgehead atoms. The van der Waals surface area contributed by atoms with Crippen LogP contribution in [-0.4, -0.2) is 38.7 Å². The van der Waals surface area contributed by atoms with E-state index in [-0.39, 0.29) is 20.7 Å². The number of rotatable bonds is 0. The van der Waals surface area contributed by atoms with Gasteiger partial charge in [-0.2, -0.15) is 34.8 Å². The Morgan fingerprint density at radius 3 is 0.521 bits per heavy atom. The minimum absolute atomic E-state index is 0.0568. The SMILES string of the molecule is CC.CC.CC.CC.CC.CC.CC.CC.CC.CC.CC.CC.CC.CC.CC.c1ccc2c(c1)Cc1cccc3c1B(O2)c1cc2c(cc1C3)Cc1cccc3c1B2Oc1ccccc1C3.c1ccc2c(c1)Cc1cccc3c1B(O2)c1cc2c(cc1C3)Cc1cccc3c1B2Sc1ccccc1C3.c1ccc2c(c1)Cc1cccc3c1B(S2)c1cc2c(cc1C3)Cc1cccc3c1B2Sc1ccccc1C3. The van der Waals surface area contributed by atoms with Gasteiger partial charge >= 0.3 is 20.7 Å². The third-order valence-corrected chi connectivity index (χ3v) is 31.2. The predicted octanol–water partition coefficient (Wildman–Crippen LogP) is 28.6. The van der Waals surface area contributed by atoms with E-state index in [2.05, 4.69) is 314 Å². The molecule has 12 aliphatic rings. The zero-order chi connectivity index (χ0) is 104. The lowest BCUT2D eigenvalue weighted by atomic mass is 9.44. The molecule has 744 valence electrons. The molecule has 0 N–H and O–H groups in total. The van der Waals surface area contributed by atoms with E-state index in [0.29, 0.717) is 18.0 Å². The summed E-state index contributed by atoms with van der Waals surface area (Å²) >= 11 is 6.20. The highest BCUT2D eigenvalue weighted by Gasteiger charge is 2.46. The van der Waals surface area contributed by atoms with E-state index < -0.39 is 0 Å². The van der Waals surface area contributed by atoms with Crippen molar-refractivity contribution in [2.24, 2.45) is 0 Å². The average Bonchev–Trinajstić information content (AvgIpc) is 1.33. The third kappa shape index (κ3) is 23.5. The molecular weight excluding hydrogens is 1790 g/mol. The Labute approximate surface area is 887 Å². The quantitative estimate of drug-likeness (QED) is 0.141. The Bertz CT molecular complexity index is 5680. The van der Waals surface area contributed by atoms with Gasteiger partial charge in [-0.15, -0.1) is 0 Å². The zero-order valence-corrected chi connectivity index (χ0v) is 95.6. The monoisotopic (exact) mass is 1960 g/mol. The first-order chi connectivity index (χ1) is 71.4. The first-order valence-electron chi connectivity index (χ1n) is 56.0. The maximum Gasteiger partial charge on any atom is 0.427 e. The summed E-state index contributed by atoms with van der Waals surface area (Å²) in [6, 6.07) is 109. The lowest BCUT2D eigenvalue weighted by Crippen LogP contribution is -2.59. The van der Waals surface area contributed by atoms with Gasteiger partial charge in [0.25, 0.3) is 18.0 Å². The lowest BCUT2D eigenvalue weighted by Gasteiger charge is -2.32. The molecule has 0 spiro atoms. The van der Waals surface area contributed by atoms with Crippen LogP contribution in [0.25, 0.3) is 0 Å². The molecule has 15 aromatic rings. The molecule has 0 amide bonds. The van der Waals surface area contributed by atoms with Gasteiger partial charge in [-0.3, -0.25) is 0 Å². The van der Waals surface area contributed by atoms with Crippen LogP contribution >= 0.6 is 34.8 Å². The average molecular weight is 1960 g/mol. The highest BCUT2D eigenvalue weighted by atomic mass is 32.2. The minimum atomic E-state index is -0.103. The number of hydrogen-bond donors (Lipinski definition) is 0. The summed E-state index contributed by atoms with van der Waals surface area (Å²) in [7, 11) is 0. The van der Waals surface area contributed by atoms with E-state index in [1.54, 1.807) is 27.3 Å². The molecule has 0 unspecified atom stereocenters. The summed E-state index contributed by atoms with van der Waals surface area (Å²) < 4.78 is 20.7. The van der Waals surface area contributed by atoms with Crippen molar-refractivity contribution in [3.05, 3.63) is 425 Å². The van der Waals surface area contributed by atoms with Crippen molar-refractivity contribution in [2.75, 3.05) is 0 Å². The first-order valence-corrected chi connectivity index (χ1v) is 58.6. The van der Waals surface area contributed by atoms with E-state index >= 15 is 0 Å². The fourth-order valence-corrected chi connectivity index (χ4v) is 26.3. The molecule has 144 heavy (non-hydrogen) atoms. The molecule has 27 rings (SSSR count). The first kappa shape index (κ1) is 115.